The van der Waals surface area contributed by atoms with Gasteiger partial charge in [0.15, 0.2) is 0 Å². The molecule has 0 unspecified atom stereocenters. The second kappa shape index (κ2) is 5.81. The molecule has 0 radical (unpaired) electrons. The second-order valence-electron chi connectivity index (χ2n) is 4.88. The molecule has 0 amide bonds. The van der Waals surface area contributed by atoms with E-state index in [1.54, 1.807) is 11.3 Å². The van der Waals surface area contributed by atoms with Crippen LogP contribution in [-0.2, 0) is 6.54 Å². The Labute approximate surface area is 127 Å². The minimum atomic E-state index is 0.889. The van der Waals surface area contributed by atoms with Crippen molar-refractivity contribution in [2.45, 2.75) is 20.4 Å². The van der Waals surface area contributed by atoms with Gasteiger partial charge in [0, 0.05) is 27.5 Å². The van der Waals surface area contributed by atoms with Crippen molar-refractivity contribution < 1.29 is 0 Å². The van der Waals surface area contributed by atoms with E-state index in [2.05, 4.69) is 66.3 Å². The largest absolute Gasteiger partial charge is 0.380 e. The molecule has 0 saturated heterocycles. The van der Waals surface area contributed by atoms with E-state index >= 15 is 0 Å². The minimum absolute atomic E-state index is 0.889. The summed E-state index contributed by atoms with van der Waals surface area (Å²) in [6.07, 6.45) is 0. The zero-order valence-corrected chi connectivity index (χ0v) is 13.3. The summed E-state index contributed by atoms with van der Waals surface area (Å²) in [4.78, 5) is 2.72. The van der Waals surface area contributed by atoms with Crippen LogP contribution in [0.15, 0.2) is 47.2 Å². The van der Waals surface area contributed by atoms with Crippen molar-refractivity contribution in [1.29, 1.82) is 0 Å². The first kappa shape index (κ1) is 13.4. The van der Waals surface area contributed by atoms with Crippen LogP contribution in [0.5, 0.6) is 0 Å². The van der Waals surface area contributed by atoms with Gasteiger partial charge in [0.25, 0.3) is 0 Å². The van der Waals surface area contributed by atoms with Crippen LogP contribution < -0.4 is 5.32 Å². The third-order valence-electron chi connectivity index (χ3n) is 3.52. The highest BCUT2D eigenvalue weighted by molar-refractivity contribution is 7.14. The Kier molecular flexibility index (Phi) is 3.90. The lowest BCUT2D eigenvalue weighted by Crippen LogP contribution is -2.00. The maximum atomic E-state index is 3.54. The van der Waals surface area contributed by atoms with Crippen LogP contribution >= 0.6 is 22.7 Å². The first-order chi connectivity index (χ1) is 9.74. The molecule has 0 saturated carbocycles. The predicted molar refractivity (Wildman–Crippen MR) is 90.9 cm³/mol. The van der Waals surface area contributed by atoms with Crippen LogP contribution in [-0.4, -0.2) is 0 Å². The van der Waals surface area contributed by atoms with E-state index in [1.165, 1.54) is 32.1 Å². The second-order valence-corrected chi connectivity index (χ2v) is 6.82. The van der Waals surface area contributed by atoms with Crippen LogP contribution in [0.4, 0.5) is 5.69 Å². The van der Waals surface area contributed by atoms with Gasteiger partial charge in [-0.3, -0.25) is 0 Å². The van der Waals surface area contributed by atoms with Crippen molar-refractivity contribution in [2.24, 2.45) is 0 Å². The standard InChI is InChI=1S/C17H17NS2/c1-12-5-3-6-16(13(12)2)18-10-15-9-14(11-20-15)17-7-4-8-19-17/h3-9,11,18H,10H2,1-2H3. The molecule has 0 aliphatic rings. The molecule has 0 bridgehead atoms. The van der Waals surface area contributed by atoms with Crippen LogP contribution in [0.25, 0.3) is 10.4 Å². The molecule has 0 aliphatic heterocycles. The first-order valence-corrected chi connectivity index (χ1v) is 8.41. The number of hydrogen-bond donors (Lipinski definition) is 1. The quantitative estimate of drug-likeness (QED) is 0.651. The molecular weight excluding hydrogens is 282 g/mol. The fourth-order valence-corrected chi connectivity index (χ4v) is 3.78. The summed E-state index contributed by atoms with van der Waals surface area (Å²) in [6, 6.07) is 13.0. The van der Waals surface area contributed by atoms with Crippen molar-refractivity contribution in [3.63, 3.8) is 0 Å². The summed E-state index contributed by atoms with van der Waals surface area (Å²) in [6.45, 7) is 5.21. The smallest absolute Gasteiger partial charge is 0.0494 e. The normalized spacial score (nSPS) is 10.7. The summed E-state index contributed by atoms with van der Waals surface area (Å²) in [7, 11) is 0. The van der Waals surface area contributed by atoms with Gasteiger partial charge in [-0.1, -0.05) is 18.2 Å². The average Bonchev–Trinajstić information content (AvgIpc) is 3.10. The molecule has 2 aromatic heterocycles. The summed E-state index contributed by atoms with van der Waals surface area (Å²) in [5.74, 6) is 0. The zero-order chi connectivity index (χ0) is 13.9. The summed E-state index contributed by atoms with van der Waals surface area (Å²) < 4.78 is 0. The van der Waals surface area contributed by atoms with E-state index in [9.17, 15) is 0 Å². The lowest BCUT2D eigenvalue weighted by Gasteiger charge is -2.10. The molecule has 3 heteroatoms. The Morgan fingerprint density at radius 3 is 2.75 bits per heavy atom. The summed E-state index contributed by atoms with van der Waals surface area (Å²) in [5.41, 5.74) is 5.24. The highest BCUT2D eigenvalue weighted by atomic mass is 32.1. The van der Waals surface area contributed by atoms with Crippen LogP contribution in [0.1, 0.15) is 16.0 Å². The molecule has 102 valence electrons. The molecular formula is C17H17NS2. The summed E-state index contributed by atoms with van der Waals surface area (Å²) in [5, 5.41) is 7.91. The average molecular weight is 299 g/mol. The van der Waals surface area contributed by atoms with Crippen LogP contribution in [0.2, 0.25) is 0 Å². The lowest BCUT2D eigenvalue weighted by atomic mass is 10.1. The van der Waals surface area contributed by atoms with E-state index in [1.807, 2.05) is 11.3 Å². The third kappa shape index (κ3) is 2.79. The Morgan fingerprint density at radius 2 is 1.95 bits per heavy atom. The van der Waals surface area contributed by atoms with E-state index < -0.39 is 0 Å². The molecule has 3 rings (SSSR count). The van der Waals surface area contributed by atoms with Gasteiger partial charge in [-0.15, -0.1) is 22.7 Å². The van der Waals surface area contributed by atoms with Gasteiger partial charge in [0.1, 0.15) is 0 Å². The van der Waals surface area contributed by atoms with Gasteiger partial charge in [-0.2, -0.15) is 0 Å². The van der Waals surface area contributed by atoms with Crippen molar-refractivity contribution in [2.75, 3.05) is 5.32 Å². The van der Waals surface area contributed by atoms with Crippen LogP contribution in [0, 0.1) is 13.8 Å². The van der Waals surface area contributed by atoms with Gasteiger partial charge in [0.2, 0.25) is 0 Å². The van der Waals surface area contributed by atoms with E-state index in [4.69, 9.17) is 0 Å². The Morgan fingerprint density at radius 1 is 1.05 bits per heavy atom. The van der Waals surface area contributed by atoms with Gasteiger partial charge in [-0.25, -0.2) is 0 Å². The molecule has 1 aromatic carbocycles. The number of rotatable bonds is 4. The SMILES string of the molecule is Cc1cccc(NCc2cc(-c3cccs3)cs2)c1C. The molecule has 0 fully saturated rings. The minimum Gasteiger partial charge on any atom is -0.380 e. The molecule has 0 atom stereocenters. The molecule has 0 aliphatic carbocycles. The van der Waals surface area contributed by atoms with Gasteiger partial charge < -0.3 is 5.32 Å². The lowest BCUT2D eigenvalue weighted by molar-refractivity contribution is 1.17. The molecule has 20 heavy (non-hydrogen) atoms. The maximum Gasteiger partial charge on any atom is 0.0494 e. The molecule has 2 heterocycles. The monoisotopic (exact) mass is 299 g/mol. The highest BCUT2D eigenvalue weighted by Crippen LogP contribution is 2.29. The van der Waals surface area contributed by atoms with Crippen molar-refractivity contribution in [3.8, 4) is 10.4 Å². The number of nitrogens with one attached hydrogen (secondary N) is 1. The van der Waals surface area contributed by atoms with E-state index in [0.29, 0.717) is 0 Å². The molecule has 0 spiro atoms. The first-order valence-electron chi connectivity index (χ1n) is 6.65. The molecule has 3 aromatic rings. The third-order valence-corrected chi connectivity index (χ3v) is 5.37. The van der Waals surface area contributed by atoms with Crippen molar-refractivity contribution in [1.82, 2.24) is 0 Å². The number of anilines is 1. The Balaban J connectivity index is 1.71. The van der Waals surface area contributed by atoms with Crippen molar-refractivity contribution in [3.05, 3.63) is 63.2 Å². The number of aryl methyl sites for hydroxylation is 1. The van der Waals surface area contributed by atoms with E-state index in [-0.39, 0.29) is 0 Å². The van der Waals surface area contributed by atoms with Gasteiger partial charge >= 0.3 is 0 Å². The number of benzene rings is 1. The Hall–Kier alpha value is -1.58. The maximum absolute atomic E-state index is 3.54. The van der Waals surface area contributed by atoms with Crippen LogP contribution in [0.3, 0.4) is 0 Å². The predicted octanol–water partition coefficient (Wildman–Crippen LogP) is 5.71. The molecule has 1 N–H and O–H groups in total. The topological polar surface area (TPSA) is 12.0 Å². The van der Waals surface area contributed by atoms with E-state index in [0.717, 1.165) is 6.54 Å². The molecule has 1 nitrogen and oxygen atoms in total. The van der Waals surface area contributed by atoms with Gasteiger partial charge in [-0.05, 0) is 53.9 Å². The number of thiophene rings is 2. The number of hydrogen-bond acceptors (Lipinski definition) is 3. The van der Waals surface area contributed by atoms with Crippen molar-refractivity contribution >= 4 is 28.4 Å². The summed E-state index contributed by atoms with van der Waals surface area (Å²) >= 11 is 3.62. The highest BCUT2D eigenvalue weighted by Gasteiger charge is 2.04. The Bertz CT molecular complexity index is 696. The fraction of sp³-hybridized carbons (Fsp3) is 0.176. The fourth-order valence-electron chi connectivity index (χ4n) is 2.17. The van der Waals surface area contributed by atoms with Gasteiger partial charge in [0.05, 0.1) is 0 Å². The zero-order valence-electron chi connectivity index (χ0n) is 11.6.